The van der Waals surface area contributed by atoms with Gasteiger partial charge in [0.25, 0.3) is 5.91 Å². The van der Waals surface area contributed by atoms with Gasteiger partial charge in [-0.05, 0) is 30.2 Å². The maximum atomic E-state index is 12.0. The van der Waals surface area contributed by atoms with E-state index in [1.54, 1.807) is 12.6 Å². The number of halogens is 1. The number of nitrogens with one attached hydrogen (secondary N) is 2. The number of ether oxygens (including phenoxy) is 1. The van der Waals surface area contributed by atoms with Crippen molar-refractivity contribution in [1.29, 1.82) is 0 Å². The zero-order valence-corrected chi connectivity index (χ0v) is 13.4. The second kappa shape index (κ2) is 6.37. The van der Waals surface area contributed by atoms with E-state index < -0.39 is 0 Å². The number of H-pyrrole nitrogens is 1. The summed E-state index contributed by atoms with van der Waals surface area (Å²) in [5.74, 6) is 0.624. The fourth-order valence-corrected chi connectivity index (χ4v) is 3.18. The van der Waals surface area contributed by atoms with Crippen molar-refractivity contribution in [3.05, 3.63) is 45.5 Å². The molecule has 0 bridgehead atoms. The number of carbonyl (C=O) groups is 1. The highest BCUT2D eigenvalue weighted by Gasteiger charge is 2.13. The van der Waals surface area contributed by atoms with Crippen LogP contribution in [0.3, 0.4) is 0 Å². The Balaban J connectivity index is 1.67. The number of aromatic amines is 1. The lowest BCUT2D eigenvalue weighted by Crippen LogP contribution is -2.25. The van der Waals surface area contributed by atoms with Gasteiger partial charge in [0.2, 0.25) is 0 Å². The molecule has 2 heterocycles. The van der Waals surface area contributed by atoms with Crippen LogP contribution in [0.4, 0.5) is 0 Å². The predicted molar refractivity (Wildman–Crippen MR) is 88.0 cm³/mol. The molecule has 0 atom stereocenters. The first kappa shape index (κ1) is 14.9. The van der Waals surface area contributed by atoms with Gasteiger partial charge in [-0.25, -0.2) is 4.98 Å². The summed E-state index contributed by atoms with van der Waals surface area (Å²) in [5, 5.41) is 4.21. The van der Waals surface area contributed by atoms with Crippen LogP contribution < -0.4 is 10.1 Å². The first-order valence-corrected chi connectivity index (χ1v) is 7.96. The fraction of sp³-hybridized carbons (Fsp3) is 0.200. The average molecular weight is 336 g/mol. The van der Waals surface area contributed by atoms with Gasteiger partial charge in [-0.3, -0.25) is 4.79 Å². The molecule has 0 fully saturated rings. The van der Waals surface area contributed by atoms with E-state index in [-0.39, 0.29) is 11.1 Å². The van der Waals surface area contributed by atoms with E-state index in [4.69, 9.17) is 16.3 Å². The lowest BCUT2D eigenvalue weighted by Gasteiger charge is -2.04. The molecule has 0 aliphatic carbocycles. The monoisotopic (exact) mass is 335 g/mol. The number of amides is 1. The summed E-state index contributed by atoms with van der Waals surface area (Å²) >= 11 is 7.08. The maximum absolute atomic E-state index is 12.0. The van der Waals surface area contributed by atoms with E-state index in [9.17, 15) is 4.79 Å². The summed E-state index contributed by atoms with van der Waals surface area (Å²) in [6.45, 7) is 0.525. The van der Waals surface area contributed by atoms with Crippen LogP contribution in [0.25, 0.3) is 10.9 Å². The molecule has 0 unspecified atom stereocenters. The van der Waals surface area contributed by atoms with E-state index in [0.29, 0.717) is 11.4 Å². The predicted octanol–water partition coefficient (Wildman–Crippen LogP) is 3.26. The Morgan fingerprint density at radius 2 is 2.36 bits per heavy atom. The van der Waals surface area contributed by atoms with Crippen molar-refractivity contribution >= 4 is 39.7 Å². The fourth-order valence-electron chi connectivity index (χ4n) is 2.26. The summed E-state index contributed by atoms with van der Waals surface area (Å²) in [6, 6.07) is 5.88. The standard InChI is InChI=1S/C15H14ClN3O2S/c1-21-10-2-3-12-11(6-10)9(7-18-12)4-5-17-15(20)13-14(16)19-8-22-13/h2-3,6-8,18H,4-5H2,1H3,(H,17,20). The highest BCUT2D eigenvalue weighted by Crippen LogP contribution is 2.24. The molecule has 1 aromatic carbocycles. The number of benzene rings is 1. The van der Waals surface area contributed by atoms with Gasteiger partial charge in [0.05, 0.1) is 12.6 Å². The summed E-state index contributed by atoms with van der Waals surface area (Å²) in [6.07, 6.45) is 2.67. The minimum absolute atomic E-state index is 0.190. The third-order valence-electron chi connectivity index (χ3n) is 3.38. The number of hydrogen-bond donors (Lipinski definition) is 2. The molecule has 0 spiro atoms. The molecule has 2 aromatic heterocycles. The molecule has 22 heavy (non-hydrogen) atoms. The second-order valence-corrected chi connectivity index (χ2v) is 5.92. The topological polar surface area (TPSA) is 67.0 Å². The Morgan fingerprint density at radius 3 is 3.09 bits per heavy atom. The minimum atomic E-state index is -0.190. The van der Waals surface area contributed by atoms with Crippen LogP contribution in [0.5, 0.6) is 5.75 Å². The van der Waals surface area contributed by atoms with Crippen LogP contribution in [-0.4, -0.2) is 29.5 Å². The Morgan fingerprint density at radius 1 is 1.50 bits per heavy atom. The zero-order chi connectivity index (χ0) is 15.5. The van der Waals surface area contributed by atoms with Crippen molar-refractivity contribution < 1.29 is 9.53 Å². The Bertz CT molecular complexity index is 812. The van der Waals surface area contributed by atoms with Crippen LogP contribution in [0, 0.1) is 0 Å². The molecule has 3 rings (SSSR count). The number of nitrogens with zero attached hydrogens (tertiary/aromatic N) is 1. The maximum Gasteiger partial charge on any atom is 0.264 e. The van der Waals surface area contributed by atoms with Gasteiger partial charge >= 0.3 is 0 Å². The van der Waals surface area contributed by atoms with E-state index in [1.165, 1.54) is 11.3 Å². The Labute approximate surface area is 136 Å². The third-order valence-corrected chi connectivity index (χ3v) is 4.61. The van der Waals surface area contributed by atoms with E-state index in [0.717, 1.165) is 28.6 Å². The molecule has 0 aliphatic rings. The van der Waals surface area contributed by atoms with Crippen LogP contribution in [0.15, 0.2) is 29.9 Å². The summed E-state index contributed by atoms with van der Waals surface area (Å²) in [7, 11) is 1.65. The quantitative estimate of drug-likeness (QED) is 0.752. The smallest absolute Gasteiger partial charge is 0.264 e. The molecule has 0 saturated heterocycles. The van der Waals surface area contributed by atoms with Crippen molar-refractivity contribution in [3.8, 4) is 5.75 Å². The van der Waals surface area contributed by atoms with Gasteiger partial charge in [0, 0.05) is 23.6 Å². The van der Waals surface area contributed by atoms with Gasteiger partial charge in [0.1, 0.15) is 10.6 Å². The van der Waals surface area contributed by atoms with Crippen LogP contribution in [-0.2, 0) is 6.42 Å². The molecule has 3 aromatic rings. The van der Waals surface area contributed by atoms with Crippen molar-refractivity contribution in [1.82, 2.24) is 15.3 Å². The van der Waals surface area contributed by atoms with Gasteiger partial charge in [-0.2, -0.15) is 0 Å². The number of aromatic nitrogens is 2. The van der Waals surface area contributed by atoms with E-state index >= 15 is 0 Å². The summed E-state index contributed by atoms with van der Waals surface area (Å²) in [5.41, 5.74) is 3.74. The number of carbonyl (C=O) groups excluding carboxylic acids is 1. The highest BCUT2D eigenvalue weighted by molar-refractivity contribution is 7.12. The number of rotatable bonds is 5. The molecule has 0 radical (unpaired) electrons. The molecule has 5 nitrogen and oxygen atoms in total. The van der Waals surface area contributed by atoms with E-state index in [1.807, 2.05) is 24.4 Å². The van der Waals surface area contributed by atoms with Crippen LogP contribution >= 0.6 is 22.9 Å². The third kappa shape index (κ3) is 2.93. The van der Waals surface area contributed by atoms with Gasteiger partial charge < -0.3 is 15.0 Å². The lowest BCUT2D eigenvalue weighted by atomic mass is 10.1. The summed E-state index contributed by atoms with van der Waals surface area (Å²) < 4.78 is 5.25. The molecule has 0 aliphatic heterocycles. The number of fused-ring (bicyclic) bond motifs is 1. The van der Waals surface area contributed by atoms with Crippen LogP contribution in [0.2, 0.25) is 5.15 Å². The van der Waals surface area contributed by atoms with Crippen LogP contribution in [0.1, 0.15) is 15.2 Å². The minimum Gasteiger partial charge on any atom is -0.497 e. The number of thiazole rings is 1. The molecule has 114 valence electrons. The first-order chi connectivity index (χ1) is 10.7. The average Bonchev–Trinajstić information content (AvgIpc) is 3.13. The molecular formula is C15H14ClN3O2S. The first-order valence-electron chi connectivity index (χ1n) is 6.70. The zero-order valence-electron chi connectivity index (χ0n) is 11.9. The number of hydrogen-bond acceptors (Lipinski definition) is 4. The van der Waals surface area contributed by atoms with Crippen molar-refractivity contribution in [2.24, 2.45) is 0 Å². The number of methoxy groups -OCH3 is 1. The lowest BCUT2D eigenvalue weighted by molar-refractivity contribution is 0.0958. The SMILES string of the molecule is COc1ccc2[nH]cc(CCNC(=O)c3scnc3Cl)c2c1. The largest absolute Gasteiger partial charge is 0.497 e. The van der Waals surface area contributed by atoms with Crippen molar-refractivity contribution in [2.75, 3.05) is 13.7 Å². The second-order valence-electron chi connectivity index (χ2n) is 4.70. The molecular weight excluding hydrogens is 322 g/mol. The van der Waals surface area contributed by atoms with E-state index in [2.05, 4.69) is 15.3 Å². The summed E-state index contributed by atoms with van der Waals surface area (Å²) in [4.78, 5) is 19.5. The highest BCUT2D eigenvalue weighted by atomic mass is 35.5. The molecule has 0 saturated carbocycles. The van der Waals surface area contributed by atoms with Crippen molar-refractivity contribution in [2.45, 2.75) is 6.42 Å². The van der Waals surface area contributed by atoms with Gasteiger partial charge in [-0.1, -0.05) is 11.6 Å². The Kier molecular flexibility index (Phi) is 4.31. The van der Waals surface area contributed by atoms with Crippen molar-refractivity contribution in [3.63, 3.8) is 0 Å². The van der Waals surface area contributed by atoms with Gasteiger partial charge in [-0.15, -0.1) is 11.3 Å². The normalized spacial score (nSPS) is 10.8. The molecule has 2 N–H and O–H groups in total. The molecule has 1 amide bonds. The van der Waals surface area contributed by atoms with Gasteiger partial charge in [0.15, 0.2) is 5.15 Å². The Hall–Kier alpha value is -2.05. The molecule has 7 heteroatoms.